The van der Waals surface area contributed by atoms with Crippen molar-refractivity contribution in [2.75, 3.05) is 27.1 Å². The molecule has 256 valence electrons. The zero-order valence-electron chi connectivity index (χ0n) is 28.3. The van der Waals surface area contributed by atoms with Crippen molar-refractivity contribution in [2.45, 2.75) is 37.5 Å². The number of hydrazone groups is 1. The van der Waals surface area contributed by atoms with Gasteiger partial charge in [0.1, 0.15) is 5.75 Å². The van der Waals surface area contributed by atoms with Crippen molar-refractivity contribution in [3.8, 4) is 22.9 Å². The summed E-state index contributed by atoms with van der Waals surface area (Å²) in [5, 5.41) is 18.8. The van der Waals surface area contributed by atoms with E-state index >= 15 is 0 Å². The van der Waals surface area contributed by atoms with Gasteiger partial charge in [0.05, 0.1) is 51.8 Å². The van der Waals surface area contributed by atoms with Crippen molar-refractivity contribution in [1.29, 1.82) is 0 Å². The number of benzene rings is 4. The second kappa shape index (κ2) is 15.7. The van der Waals surface area contributed by atoms with Crippen molar-refractivity contribution in [2.24, 2.45) is 5.10 Å². The number of amides is 2. The fraction of sp³-hybridized carbons (Fsp3) is 0.237. The average Bonchev–Trinajstić information content (AvgIpc) is 3.78. The predicted octanol–water partition coefficient (Wildman–Crippen LogP) is 5.93. The molecule has 0 fully saturated rings. The highest BCUT2D eigenvalue weighted by Crippen LogP contribution is 2.42. The minimum Gasteiger partial charge on any atom is -0.497 e. The Hall–Kier alpha value is -5.62. The van der Waals surface area contributed by atoms with Crippen molar-refractivity contribution in [1.82, 2.24) is 25.1 Å². The molecule has 1 atom stereocenters. The van der Waals surface area contributed by atoms with Crippen molar-refractivity contribution >= 4 is 29.3 Å². The molecule has 1 unspecified atom stereocenters. The Morgan fingerprint density at radius 2 is 1.66 bits per heavy atom. The number of aromatic nitrogens is 3. The number of carbonyl (C=O) groups excluding carboxylic acids is 2. The molecule has 0 spiro atoms. The molecule has 2 amide bonds. The Kier molecular flexibility index (Phi) is 10.8. The molecule has 1 N–H and O–H groups in total. The summed E-state index contributed by atoms with van der Waals surface area (Å²) in [6, 6.07) is 30.3. The lowest BCUT2D eigenvalue weighted by Crippen LogP contribution is -2.29. The molecule has 5 aromatic rings. The van der Waals surface area contributed by atoms with E-state index in [-0.39, 0.29) is 30.5 Å². The van der Waals surface area contributed by atoms with Crippen LogP contribution in [-0.4, -0.2) is 64.4 Å². The van der Waals surface area contributed by atoms with Gasteiger partial charge in [0.25, 0.3) is 5.91 Å². The topological polar surface area (TPSA) is 120 Å². The van der Waals surface area contributed by atoms with E-state index in [4.69, 9.17) is 19.3 Å². The van der Waals surface area contributed by atoms with Crippen LogP contribution in [0.5, 0.6) is 17.2 Å². The predicted molar refractivity (Wildman–Crippen MR) is 192 cm³/mol. The van der Waals surface area contributed by atoms with E-state index < -0.39 is 6.04 Å². The number of rotatable bonds is 13. The highest BCUT2D eigenvalue weighted by Gasteiger charge is 2.36. The summed E-state index contributed by atoms with van der Waals surface area (Å²) >= 11 is 1.26. The molecule has 1 aromatic heterocycles. The highest BCUT2D eigenvalue weighted by atomic mass is 32.2. The molecule has 0 saturated heterocycles. The molecule has 0 aliphatic carbocycles. The first-order valence-corrected chi connectivity index (χ1v) is 17.1. The zero-order chi connectivity index (χ0) is 35.0. The van der Waals surface area contributed by atoms with E-state index in [9.17, 15) is 9.59 Å². The Morgan fingerprint density at radius 1 is 0.880 bits per heavy atom. The first-order valence-electron chi connectivity index (χ1n) is 16.1. The van der Waals surface area contributed by atoms with Crippen molar-refractivity contribution in [3.63, 3.8) is 0 Å². The Labute approximate surface area is 295 Å². The number of carbonyl (C=O) groups is 2. The Bertz CT molecular complexity index is 2000. The number of nitrogens with zero attached hydrogens (tertiary/aromatic N) is 5. The van der Waals surface area contributed by atoms with E-state index in [0.29, 0.717) is 28.9 Å². The number of ether oxygens (including phenoxy) is 3. The maximum Gasteiger partial charge on any atom is 0.253 e. The molecule has 1 aliphatic rings. The molecule has 11 nitrogen and oxygen atoms in total. The zero-order valence-corrected chi connectivity index (χ0v) is 29.1. The minimum absolute atomic E-state index is 0.0342. The summed E-state index contributed by atoms with van der Waals surface area (Å²) in [5.41, 5.74) is 5.24. The van der Waals surface area contributed by atoms with Gasteiger partial charge in [0.15, 0.2) is 22.5 Å². The maximum absolute atomic E-state index is 14.1. The van der Waals surface area contributed by atoms with E-state index in [0.717, 1.165) is 39.4 Å². The summed E-state index contributed by atoms with van der Waals surface area (Å²) in [7, 11) is 4.79. The number of nitrogens with one attached hydrogen (secondary N) is 1. The number of para-hydroxylation sites is 1. The first-order chi connectivity index (χ1) is 24.4. The summed E-state index contributed by atoms with van der Waals surface area (Å²) in [5.74, 6) is 2.09. The van der Waals surface area contributed by atoms with Crippen LogP contribution >= 0.6 is 11.8 Å². The van der Waals surface area contributed by atoms with Gasteiger partial charge in [-0.05, 0) is 66.1 Å². The average molecular weight is 691 g/mol. The van der Waals surface area contributed by atoms with Crippen LogP contribution in [0, 0.1) is 6.92 Å². The summed E-state index contributed by atoms with van der Waals surface area (Å²) in [4.78, 5) is 26.9. The second-order valence-electron chi connectivity index (χ2n) is 11.6. The second-order valence-corrected chi connectivity index (χ2v) is 12.6. The van der Waals surface area contributed by atoms with Crippen LogP contribution in [0.25, 0.3) is 5.69 Å². The summed E-state index contributed by atoms with van der Waals surface area (Å²) in [6.07, 6.45) is 0.724. The molecule has 0 radical (unpaired) electrons. The van der Waals surface area contributed by atoms with E-state index in [1.165, 1.54) is 16.8 Å². The third-order valence-corrected chi connectivity index (χ3v) is 9.23. The van der Waals surface area contributed by atoms with Crippen LogP contribution in [0.1, 0.15) is 40.5 Å². The molecule has 6 rings (SSSR count). The van der Waals surface area contributed by atoms with E-state index in [2.05, 4.69) is 15.5 Å². The highest BCUT2D eigenvalue weighted by molar-refractivity contribution is 7.99. The first kappa shape index (κ1) is 34.3. The number of thioether (sulfide) groups is 1. The molecule has 0 bridgehead atoms. The molecule has 0 saturated carbocycles. The van der Waals surface area contributed by atoms with Gasteiger partial charge < -0.3 is 19.5 Å². The maximum atomic E-state index is 14.1. The van der Waals surface area contributed by atoms with Crippen molar-refractivity contribution in [3.05, 3.63) is 125 Å². The third-order valence-electron chi connectivity index (χ3n) is 8.32. The standard InChI is InChI=1S/C38H38N6O5S/c1-25-10-8-13-28(20-25)43-34(23-39-35(45)21-26-11-6-5-7-12-26)40-41-38(43)50-24-36(46)44-32(30-14-9-15-33(48-3)37(30)49-4)22-31(42-44)27-16-18-29(47-2)19-17-27/h5-20,32H,21-24H2,1-4H3,(H,39,45). The molecule has 50 heavy (non-hydrogen) atoms. The van der Waals surface area contributed by atoms with Gasteiger partial charge in [0.2, 0.25) is 5.91 Å². The van der Waals surface area contributed by atoms with Gasteiger partial charge in [-0.3, -0.25) is 14.2 Å². The molecule has 4 aromatic carbocycles. The lowest BCUT2D eigenvalue weighted by atomic mass is 9.97. The van der Waals surface area contributed by atoms with Crippen molar-refractivity contribution < 1.29 is 23.8 Å². The van der Waals surface area contributed by atoms with Crippen LogP contribution < -0.4 is 19.5 Å². The number of methoxy groups -OCH3 is 3. The van der Waals surface area contributed by atoms with Gasteiger partial charge in [-0.1, -0.05) is 66.4 Å². The molecular weight excluding hydrogens is 653 g/mol. The fourth-order valence-corrected chi connectivity index (χ4v) is 6.69. The van der Waals surface area contributed by atoms with Gasteiger partial charge in [-0.25, -0.2) is 5.01 Å². The van der Waals surface area contributed by atoms with Gasteiger partial charge in [-0.15, -0.1) is 10.2 Å². The molecule has 2 heterocycles. The van der Waals surface area contributed by atoms with Gasteiger partial charge in [-0.2, -0.15) is 5.10 Å². The number of hydrogen-bond donors (Lipinski definition) is 1. The SMILES string of the molecule is COc1ccc(C2=NN(C(=O)CSc3nnc(CNC(=O)Cc4ccccc4)n3-c3cccc(C)c3)C(c3cccc(OC)c3OC)C2)cc1. The molecule has 12 heteroatoms. The third kappa shape index (κ3) is 7.65. The van der Waals surface area contributed by atoms with Gasteiger partial charge >= 0.3 is 0 Å². The summed E-state index contributed by atoms with van der Waals surface area (Å²) in [6.45, 7) is 2.17. The number of hydrogen-bond acceptors (Lipinski definition) is 9. The summed E-state index contributed by atoms with van der Waals surface area (Å²) < 4.78 is 18.6. The monoisotopic (exact) mass is 690 g/mol. The Balaban J connectivity index is 1.26. The van der Waals surface area contributed by atoms with Crippen LogP contribution in [-0.2, 0) is 22.6 Å². The smallest absolute Gasteiger partial charge is 0.253 e. The fourth-order valence-electron chi connectivity index (χ4n) is 5.86. The minimum atomic E-state index is -0.435. The lowest BCUT2D eigenvalue weighted by Gasteiger charge is -2.24. The molecule has 1 aliphatic heterocycles. The van der Waals surface area contributed by atoms with E-state index in [1.54, 1.807) is 21.3 Å². The van der Waals surface area contributed by atoms with Crippen LogP contribution in [0.15, 0.2) is 107 Å². The number of aryl methyl sites for hydroxylation is 1. The quantitative estimate of drug-likeness (QED) is 0.151. The van der Waals surface area contributed by atoms with E-state index in [1.807, 2.05) is 109 Å². The van der Waals surface area contributed by atoms with Crippen LogP contribution in [0.4, 0.5) is 0 Å². The lowest BCUT2D eigenvalue weighted by molar-refractivity contribution is -0.130. The largest absolute Gasteiger partial charge is 0.497 e. The van der Waals surface area contributed by atoms with Crippen LogP contribution in [0.3, 0.4) is 0 Å². The normalized spacial score (nSPS) is 13.9. The molecular formula is C38H38N6O5S. The Morgan fingerprint density at radius 3 is 2.38 bits per heavy atom. The van der Waals surface area contributed by atoms with Gasteiger partial charge in [0, 0.05) is 17.7 Å². The van der Waals surface area contributed by atoms with Crippen LogP contribution in [0.2, 0.25) is 0 Å².